The molecule has 1 unspecified atom stereocenters. The number of aromatic nitrogens is 2. The number of nitrogens with zero attached hydrogens (tertiary/aromatic N) is 3. The topological polar surface area (TPSA) is 21.1 Å². The molecule has 0 aliphatic carbocycles. The van der Waals surface area contributed by atoms with Crippen LogP contribution in [0.4, 0.5) is 0 Å². The van der Waals surface area contributed by atoms with Crippen molar-refractivity contribution in [1.82, 2.24) is 14.7 Å². The summed E-state index contributed by atoms with van der Waals surface area (Å²) in [6.45, 7) is 7.53. The van der Waals surface area contributed by atoms with E-state index >= 15 is 0 Å². The van der Waals surface area contributed by atoms with Crippen LogP contribution in [-0.4, -0.2) is 32.6 Å². The maximum atomic E-state index is 4.55. The molecule has 1 aromatic heterocycles. The van der Waals surface area contributed by atoms with E-state index in [1.54, 1.807) is 0 Å². The molecule has 0 spiro atoms. The van der Waals surface area contributed by atoms with Crippen LogP contribution in [0, 0.1) is 6.92 Å². The highest BCUT2D eigenvalue weighted by Crippen LogP contribution is 2.22. The molecule has 1 atom stereocenters. The quantitative estimate of drug-likeness (QED) is 0.777. The molecule has 2 rings (SSSR count). The summed E-state index contributed by atoms with van der Waals surface area (Å²) in [6, 6.07) is 2.99. The molecular weight excluding hydrogens is 290 g/mol. The van der Waals surface area contributed by atoms with Gasteiger partial charge in [0.15, 0.2) is 0 Å². The second-order valence-electron chi connectivity index (χ2n) is 5.19. The van der Waals surface area contributed by atoms with E-state index in [1.807, 2.05) is 0 Å². The molecule has 0 N–H and O–H groups in total. The highest BCUT2D eigenvalue weighted by atomic mass is 79.9. The molecule has 1 aromatic rings. The maximum Gasteiger partial charge on any atom is 0.0597 e. The summed E-state index contributed by atoms with van der Waals surface area (Å²) < 4.78 is 2.15. The summed E-state index contributed by atoms with van der Waals surface area (Å²) >= 11 is 3.59. The molecule has 0 saturated carbocycles. The van der Waals surface area contributed by atoms with Gasteiger partial charge in [-0.1, -0.05) is 22.4 Å². The van der Waals surface area contributed by atoms with Crippen LogP contribution in [-0.2, 0) is 13.1 Å². The number of rotatable bonds is 5. The van der Waals surface area contributed by atoms with Crippen molar-refractivity contribution in [3.8, 4) is 0 Å². The third-order valence-corrected chi connectivity index (χ3v) is 4.30. The fourth-order valence-corrected chi connectivity index (χ4v) is 3.46. The van der Waals surface area contributed by atoms with E-state index in [1.165, 1.54) is 37.9 Å². The van der Waals surface area contributed by atoms with Gasteiger partial charge >= 0.3 is 0 Å². The average molecular weight is 314 g/mol. The van der Waals surface area contributed by atoms with Gasteiger partial charge in [0.25, 0.3) is 0 Å². The zero-order chi connectivity index (χ0) is 13.0. The monoisotopic (exact) mass is 313 g/mol. The van der Waals surface area contributed by atoms with Crippen molar-refractivity contribution < 1.29 is 0 Å². The molecule has 3 nitrogen and oxygen atoms in total. The number of alkyl halides is 1. The summed E-state index contributed by atoms with van der Waals surface area (Å²) in [5.41, 5.74) is 2.51. The van der Waals surface area contributed by atoms with Gasteiger partial charge < -0.3 is 0 Å². The average Bonchev–Trinajstić information content (AvgIpc) is 2.72. The van der Waals surface area contributed by atoms with Crippen LogP contribution in [0.25, 0.3) is 0 Å². The highest BCUT2D eigenvalue weighted by molar-refractivity contribution is 9.09. The molecule has 102 valence electrons. The molecule has 1 aliphatic heterocycles. The minimum atomic E-state index is 0.749. The Morgan fingerprint density at radius 2 is 2.28 bits per heavy atom. The number of halogens is 1. The highest BCUT2D eigenvalue weighted by Gasteiger charge is 2.22. The number of likely N-dealkylation sites (tertiary alicyclic amines) is 1. The number of hydrogen-bond donors (Lipinski definition) is 0. The minimum Gasteiger partial charge on any atom is -0.295 e. The maximum absolute atomic E-state index is 4.55. The van der Waals surface area contributed by atoms with Crippen LogP contribution >= 0.6 is 15.9 Å². The first kappa shape index (κ1) is 14.1. The minimum absolute atomic E-state index is 0.749. The molecule has 1 saturated heterocycles. The van der Waals surface area contributed by atoms with Crippen molar-refractivity contribution in [3.05, 3.63) is 17.5 Å². The summed E-state index contributed by atoms with van der Waals surface area (Å²) in [5, 5.41) is 5.66. The first-order valence-corrected chi connectivity index (χ1v) is 8.20. The lowest BCUT2D eigenvalue weighted by Gasteiger charge is -2.35. The van der Waals surface area contributed by atoms with Crippen LogP contribution in [0.2, 0.25) is 0 Å². The van der Waals surface area contributed by atoms with Gasteiger partial charge in [0.05, 0.1) is 11.4 Å². The number of piperidine rings is 1. The van der Waals surface area contributed by atoms with E-state index in [0.717, 1.165) is 30.2 Å². The standard InChI is InChI=1S/C14H24BrN3/c1-3-18-14(10-12(2)16-18)11-17-9-5-4-6-13(17)7-8-15/h10,13H,3-9,11H2,1-2H3. The molecule has 2 heterocycles. The van der Waals surface area contributed by atoms with Crippen molar-refractivity contribution in [3.63, 3.8) is 0 Å². The second kappa shape index (κ2) is 6.71. The molecule has 0 amide bonds. The van der Waals surface area contributed by atoms with Crippen LogP contribution in [0.3, 0.4) is 0 Å². The molecule has 1 fully saturated rings. The predicted molar refractivity (Wildman–Crippen MR) is 79.1 cm³/mol. The van der Waals surface area contributed by atoms with E-state index < -0.39 is 0 Å². The van der Waals surface area contributed by atoms with Crippen molar-refractivity contribution in [1.29, 1.82) is 0 Å². The van der Waals surface area contributed by atoms with Gasteiger partial charge in [0.1, 0.15) is 0 Å². The lowest BCUT2D eigenvalue weighted by Crippen LogP contribution is -2.39. The van der Waals surface area contributed by atoms with Crippen LogP contribution in [0.15, 0.2) is 6.07 Å². The Balaban J connectivity index is 2.05. The Hall–Kier alpha value is -0.350. The van der Waals surface area contributed by atoms with Crippen molar-refractivity contribution in [2.24, 2.45) is 0 Å². The van der Waals surface area contributed by atoms with E-state index in [2.05, 4.69) is 50.5 Å². The molecule has 18 heavy (non-hydrogen) atoms. The van der Waals surface area contributed by atoms with Crippen LogP contribution in [0.1, 0.15) is 44.0 Å². The van der Waals surface area contributed by atoms with Crippen molar-refractivity contribution >= 4 is 15.9 Å². The lowest BCUT2D eigenvalue weighted by molar-refractivity contribution is 0.133. The van der Waals surface area contributed by atoms with E-state index in [0.29, 0.717) is 0 Å². The molecule has 1 aliphatic rings. The van der Waals surface area contributed by atoms with Gasteiger partial charge in [-0.05, 0) is 45.7 Å². The third kappa shape index (κ3) is 3.35. The number of hydrogen-bond acceptors (Lipinski definition) is 2. The van der Waals surface area contributed by atoms with E-state index in [4.69, 9.17) is 0 Å². The second-order valence-corrected chi connectivity index (χ2v) is 5.98. The molecular formula is C14H24BrN3. The third-order valence-electron chi connectivity index (χ3n) is 3.84. The molecule has 0 aromatic carbocycles. The van der Waals surface area contributed by atoms with Gasteiger partial charge in [0, 0.05) is 24.5 Å². The van der Waals surface area contributed by atoms with E-state index in [-0.39, 0.29) is 0 Å². The molecule has 0 bridgehead atoms. The Bertz CT molecular complexity index is 373. The summed E-state index contributed by atoms with van der Waals surface area (Å²) in [4.78, 5) is 2.65. The van der Waals surface area contributed by atoms with Crippen molar-refractivity contribution in [2.75, 3.05) is 11.9 Å². The molecule has 4 heteroatoms. The normalized spacial score (nSPS) is 21.4. The van der Waals surface area contributed by atoms with Gasteiger partial charge in [0.2, 0.25) is 0 Å². The zero-order valence-corrected chi connectivity index (χ0v) is 13.1. The Morgan fingerprint density at radius 3 is 3.00 bits per heavy atom. The Kier molecular flexibility index (Phi) is 5.25. The summed E-state index contributed by atoms with van der Waals surface area (Å²) in [5.74, 6) is 0. The van der Waals surface area contributed by atoms with Gasteiger partial charge in [-0.25, -0.2) is 0 Å². The zero-order valence-electron chi connectivity index (χ0n) is 11.5. The van der Waals surface area contributed by atoms with Crippen LogP contribution < -0.4 is 0 Å². The summed E-state index contributed by atoms with van der Waals surface area (Å²) in [7, 11) is 0. The van der Waals surface area contributed by atoms with Gasteiger partial charge in [-0.2, -0.15) is 5.10 Å². The van der Waals surface area contributed by atoms with Gasteiger partial charge in [-0.15, -0.1) is 0 Å². The SMILES string of the molecule is CCn1nc(C)cc1CN1CCCCC1CCBr. The Labute approximate surface area is 119 Å². The largest absolute Gasteiger partial charge is 0.295 e. The summed E-state index contributed by atoms with van der Waals surface area (Å²) in [6.07, 6.45) is 5.35. The predicted octanol–water partition coefficient (Wildman–Crippen LogP) is 3.35. The van der Waals surface area contributed by atoms with Gasteiger partial charge in [-0.3, -0.25) is 9.58 Å². The van der Waals surface area contributed by atoms with Crippen LogP contribution in [0.5, 0.6) is 0 Å². The number of aryl methyl sites for hydroxylation is 2. The first-order chi connectivity index (χ1) is 8.74. The Morgan fingerprint density at radius 1 is 1.44 bits per heavy atom. The smallest absolute Gasteiger partial charge is 0.0597 e. The first-order valence-electron chi connectivity index (χ1n) is 7.08. The molecule has 0 radical (unpaired) electrons. The van der Waals surface area contributed by atoms with Crippen molar-refractivity contribution in [2.45, 2.75) is 58.7 Å². The fourth-order valence-electron chi connectivity index (χ4n) is 2.93. The lowest BCUT2D eigenvalue weighted by atomic mass is 10.00. The van der Waals surface area contributed by atoms with E-state index in [9.17, 15) is 0 Å². The fraction of sp³-hybridized carbons (Fsp3) is 0.786.